The Balaban J connectivity index is 1.74. The van der Waals surface area contributed by atoms with E-state index in [0.29, 0.717) is 18.6 Å². The summed E-state index contributed by atoms with van der Waals surface area (Å²) in [6.45, 7) is -0.248. The highest BCUT2D eigenvalue weighted by Gasteiger charge is 2.33. The van der Waals surface area contributed by atoms with Crippen LogP contribution in [0.4, 0.5) is 4.39 Å². The van der Waals surface area contributed by atoms with E-state index < -0.39 is 6.10 Å². The van der Waals surface area contributed by atoms with E-state index in [9.17, 15) is 14.3 Å². The van der Waals surface area contributed by atoms with Crippen LogP contribution in [0.25, 0.3) is 0 Å². The minimum absolute atomic E-state index is 0.0837. The Labute approximate surface area is 116 Å². The highest BCUT2D eigenvalue weighted by Crippen LogP contribution is 2.25. The van der Waals surface area contributed by atoms with Gasteiger partial charge >= 0.3 is 0 Å². The highest BCUT2D eigenvalue weighted by atomic mass is 19.1. The van der Waals surface area contributed by atoms with Crippen LogP contribution in [0.5, 0.6) is 5.75 Å². The number of aliphatic hydroxyl groups excluding tert-OH is 2. The Morgan fingerprint density at radius 2 is 2.05 bits per heavy atom. The first-order valence-electron chi connectivity index (χ1n) is 6.55. The third kappa shape index (κ3) is 3.91. The molecule has 1 saturated carbocycles. The van der Waals surface area contributed by atoms with Crippen LogP contribution in [-0.4, -0.2) is 41.5 Å². The van der Waals surface area contributed by atoms with Gasteiger partial charge in [0.1, 0.15) is 11.6 Å². The van der Waals surface area contributed by atoms with Crippen molar-refractivity contribution in [3.05, 3.63) is 30.1 Å². The average molecular weight is 283 g/mol. The largest absolute Gasteiger partial charge is 0.484 e. The van der Waals surface area contributed by atoms with E-state index in [1.54, 1.807) is 0 Å². The lowest BCUT2D eigenvalue weighted by atomic mass is 10.1. The van der Waals surface area contributed by atoms with Gasteiger partial charge in [0.25, 0.3) is 5.91 Å². The quantitative estimate of drug-likeness (QED) is 0.733. The minimum Gasteiger partial charge on any atom is -0.484 e. The summed E-state index contributed by atoms with van der Waals surface area (Å²) in [5, 5.41) is 21.4. The van der Waals surface area contributed by atoms with Gasteiger partial charge in [-0.05, 0) is 37.1 Å². The molecule has 1 aromatic rings. The molecular weight excluding hydrogens is 265 g/mol. The maximum Gasteiger partial charge on any atom is 0.258 e. The van der Waals surface area contributed by atoms with Crippen molar-refractivity contribution >= 4 is 5.91 Å². The number of hydrogen-bond donors (Lipinski definition) is 3. The maximum absolute atomic E-state index is 12.7. The summed E-state index contributed by atoms with van der Waals surface area (Å²) in [5.41, 5.74) is 0. The maximum atomic E-state index is 12.7. The molecule has 1 aliphatic rings. The van der Waals surface area contributed by atoms with Crippen LogP contribution < -0.4 is 10.1 Å². The van der Waals surface area contributed by atoms with Gasteiger partial charge in [0.05, 0.1) is 6.10 Å². The van der Waals surface area contributed by atoms with Gasteiger partial charge in [0, 0.05) is 18.6 Å². The SMILES string of the molecule is O=C(COc1ccc(F)cc1)N[C@@H]1C[C@@H](CO)[C@H](O)C1. The molecule has 1 fully saturated rings. The van der Waals surface area contributed by atoms with Gasteiger partial charge in [0.15, 0.2) is 6.61 Å². The Hall–Kier alpha value is -1.66. The molecule has 2 rings (SSSR count). The molecule has 0 aliphatic heterocycles. The number of rotatable bonds is 5. The van der Waals surface area contributed by atoms with Crippen LogP contribution in [0, 0.1) is 11.7 Å². The molecule has 3 N–H and O–H groups in total. The Morgan fingerprint density at radius 3 is 2.65 bits per heavy atom. The molecule has 0 spiro atoms. The van der Waals surface area contributed by atoms with Gasteiger partial charge in [-0.1, -0.05) is 0 Å². The van der Waals surface area contributed by atoms with Crippen LogP contribution in [0.15, 0.2) is 24.3 Å². The molecule has 0 heterocycles. The lowest BCUT2D eigenvalue weighted by Gasteiger charge is -2.13. The topological polar surface area (TPSA) is 78.8 Å². The number of nitrogens with one attached hydrogen (secondary N) is 1. The molecule has 3 atom stereocenters. The Bertz CT molecular complexity index is 451. The summed E-state index contributed by atoms with van der Waals surface area (Å²) in [5.74, 6) is -0.429. The molecule has 1 aromatic carbocycles. The van der Waals surface area contributed by atoms with Gasteiger partial charge in [0.2, 0.25) is 0 Å². The second-order valence-electron chi connectivity index (χ2n) is 4.99. The third-order valence-electron chi connectivity index (χ3n) is 3.44. The number of halogens is 1. The van der Waals surface area contributed by atoms with Crippen molar-refractivity contribution in [3.8, 4) is 5.75 Å². The number of amides is 1. The van der Waals surface area contributed by atoms with E-state index in [-0.39, 0.29) is 36.9 Å². The fourth-order valence-electron chi connectivity index (χ4n) is 2.37. The molecule has 1 aliphatic carbocycles. The number of ether oxygens (including phenoxy) is 1. The fourth-order valence-corrected chi connectivity index (χ4v) is 2.37. The van der Waals surface area contributed by atoms with Crippen LogP contribution in [-0.2, 0) is 4.79 Å². The van der Waals surface area contributed by atoms with Crippen LogP contribution in [0.2, 0.25) is 0 Å². The number of benzene rings is 1. The molecule has 0 radical (unpaired) electrons. The predicted molar refractivity (Wildman–Crippen MR) is 69.6 cm³/mol. The zero-order valence-corrected chi connectivity index (χ0v) is 11.0. The molecule has 5 nitrogen and oxygen atoms in total. The summed E-state index contributed by atoms with van der Waals surface area (Å²) in [6, 6.07) is 5.26. The highest BCUT2D eigenvalue weighted by molar-refractivity contribution is 5.77. The lowest BCUT2D eigenvalue weighted by Crippen LogP contribution is -2.36. The van der Waals surface area contributed by atoms with Gasteiger partial charge in [-0.2, -0.15) is 0 Å². The van der Waals surface area contributed by atoms with E-state index in [4.69, 9.17) is 9.84 Å². The third-order valence-corrected chi connectivity index (χ3v) is 3.44. The van der Waals surface area contributed by atoms with Gasteiger partial charge < -0.3 is 20.3 Å². The molecule has 0 unspecified atom stereocenters. The van der Waals surface area contributed by atoms with Crippen molar-refractivity contribution < 1.29 is 24.1 Å². The van der Waals surface area contributed by atoms with Gasteiger partial charge in [-0.25, -0.2) is 4.39 Å². The first kappa shape index (κ1) is 14.7. The van der Waals surface area contributed by atoms with Crippen LogP contribution in [0.3, 0.4) is 0 Å². The second kappa shape index (κ2) is 6.67. The summed E-state index contributed by atoms with van der Waals surface area (Å²) in [4.78, 5) is 11.7. The monoisotopic (exact) mass is 283 g/mol. The zero-order valence-electron chi connectivity index (χ0n) is 11.0. The summed E-state index contributed by atoms with van der Waals surface area (Å²) in [6.07, 6.45) is 0.413. The normalized spacial score (nSPS) is 25.4. The van der Waals surface area contributed by atoms with Crippen molar-refractivity contribution in [2.24, 2.45) is 5.92 Å². The summed E-state index contributed by atoms with van der Waals surface area (Å²) >= 11 is 0. The molecular formula is C14H18FNO4. The van der Waals surface area contributed by atoms with Crippen molar-refractivity contribution in [1.29, 1.82) is 0 Å². The van der Waals surface area contributed by atoms with E-state index in [1.807, 2.05) is 0 Å². The summed E-state index contributed by atoms with van der Waals surface area (Å²) in [7, 11) is 0. The molecule has 6 heteroatoms. The van der Waals surface area contributed by atoms with Crippen LogP contribution >= 0.6 is 0 Å². The molecule has 0 aromatic heterocycles. The van der Waals surface area contributed by atoms with Gasteiger partial charge in [-0.3, -0.25) is 4.79 Å². The first-order chi connectivity index (χ1) is 9.58. The minimum atomic E-state index is -0.580. The Kier molecular flexibility index (Phi) is 4.92. The number of carbonyl (C=O) groups excluding carboxylic acids is 1. The van der Waals surface area contributed by atoms with E-state index in [0.717, 1.165) is 0 Å². The van der Waals surface area contributed by atoms with Crippen molar-refractivity contribution in [2.75, 3.05) is 13.2 Å². The smallest absolute Gasteiger partial charge is 0.258 e. The second-order valence-corrected chi connectivity index (χ2v) is 4.99. The molecule has 20 heavy (non-hydrogen) atoms. The summed E-state index contributed by atoms with van der Waals surface area (Å²) < 4.78 is 17.9. The van der Waals surface area contributed by atoms with E-state index in [2.05, 4.69) is 5.32 Å². The standard InChI is InChI=1S/C14H18FNO4/c15-10-1-3-12(4-2-10)20-8-14(19)16-11-5-9(7-17)13(18)6-11/h1-4,9,11,13,17-18H,5-8H2,(H,16,19)/t9-,11+,13+/m0/s1. The van der Waals surface area contributed by atoms with Crippen molar-refractivity contribution in [2.45, 2.75) is 25.0 Å². The Morgan fingerprint density at radius 1 is 1.35 bits per heavy atom. The lowest BCUT2D eigenvalue weighted by molar-refractivity contribution is -0.123. The predicted octanol–water partition coefficient (Wildman–Crippen LogP) is 0.452. The average Bonchev–Trinajstić information content (AvgIpc) is 2.78. The van der Waals surface area contributed by atoms with Crippen molar-refractivity contribution in [3.63, 3.8) is 0 Å². The van der Waals surface area contributed by atoms with E-state index >= 15 is 0 Å². The molecule has 110 valence electrons. The fraction of sp³-hybridized carbons (Fsp3) is 0.500. The van der Waals surface area contributed by atoms with Crippen LogP contribution in [0.1, 0.15) is 12.8 Å². The molecule has 1 amide bonds. The number of carbonyl (C=O) groups is 1. The zero-order chi connectivity index (χ0) is 14.5. The first-order valence-corrected chi connectivity index (χ1v) is 6.55. The van der Waals surface area contributed by atoms with E-state index in [1.165, 1.54) is 24.3 Å². The van der Waals surface area contributed by atoms with Gasteiger partial charge in [-0.15, -0.1) is 0 Å². The van der Waals surface area contributed by atoms with Crippen molar-refractivity contribution in [1.82, 2.24) is 5.32 Å². The number of aliphatic hydroxyl groups is 2. The molecule has 0 bridgehead atoms. The number of hydrogen-bond acceptors (Lipinski definition) is 4. The molecule has 0 saturated heterocycles.